The minimum Gasteiger partial charge on any atom is -0.444 e. The lowest BCUT2D eigenvalue weighted by Crippen LogP contribution is -2.36. The van der Waals surface area contributed by atoms with Crippen LogP contribution in [-0.2, 0) is 17.7 Å². The molecule has 6 nitrogen and oxygen atoms in total. The maximum absolute atomic E-state index is 12.0. The fourth-order valence-corrected chi connectivity index (χ4v) is 4.14. The van der Waals surface area contributed by atoms with Crippen molar-refractivity contribution in [2.75, 3.05) is 11.9 Å². The van der Waals surface area contributed by atoms with Crippen LogP contribution < -0.4 is 16.0 Å². The molecule has 3 aromatic carbocycles. The second-order valence-electron chi connectivity index (χ2n) is 9.49. The molecule has 0 bridgehead atoms. The fourth-order valence-electron chi connectivity index (χ4n) is 3.96. The lowest BCUT2D eigenvalue weighted by atomic mass is 10.0. The first-order chi connectivity index (χ1) is 16.7. The van der Waals surface area contributed by atoms with Gasteiger partial charge in [0.15, 0.2) is 0 Å². The van der Waals surface area contributed by atoms with Gasteiger partial charge in [0.25, 0.3) is 0 Å². The van der Waals surface area contributed by atoms with Crippen LogP contribution in [0.15, 0.2) is 73.1 Å². The van der Waals surface area contributed by atoms with E-state index < -0.39 is 11.7 Å². The minimum atomic E-state index is -0.568. The second-order valence-corrected chi connectivity index (χ2v) is 9.93. The molecule has 7 heteroatoms. The summed E-state index contributed by atoms with van der Waals surface area (Å²) < 4.78 is 5.28. The zero-order chi connectivity index (χ0) is 25.0. The largest absolute Gasteiger partial charge is 0.444 e. The summed E-state index contributed by atoms with van der Waals surface area (Å²) in [5, 5.41) is 12.3. The molecule has 0 unspecified atom stereocenters. The summed E-state index contributed by atoms with van der Waals surface area (Å²) in [7, 11) is 0. The van der Waals surface area contributed by atoms with Crippen LogP contribution in [0.5, 0.6) is 0 Å². The van der Waals surface area contributed by atoms with E-state index >= 15 is 0 Å². The molecule has 0 aliphatic heterocycles. The van der Waals surface area contributed by atoms with E-state index in [2.05, 4.69) is 51.8 Å². The van der Waals surface area contributed by atoms with E-state index in [4.69, 9.17) is 16.3 Å². The summed E-state index contributed by atoms with van der Waals surface area (Å²) in [6.45, 7) is 10.7. The summed E-state index contributed by atoms with van der Waals surface area (Å²) >= 11 is 6.30. The first-order valence-corrected chi connectivity index (χ1v) is 12.0. The van der Waals surface area contributed by atoms with Crippen LogP contribution in [0.25, 0.3) is 21.8 Å². The summed E-state index contributed by atoms with van der Waals surface area (Å²) in [6, 6.07) is 20.5. The van der Waals surface area contributed by atoms with Gasteiger partial charge in [0.1, 0.15) is 11.4 Å². The van der Waals surface area contributed by atoms with Gasteiger partial charge in [-0.3, -0.25) is 5.32 Å². The summed E-state index contributed by atoms with van der Waals surface area (Å²) in [5.74, 6) is 0.400. The number of carbonyl (C=O) groups is 1. The quantitative estimate of drug-likeness (QED) is 0.221. The van der Waals surface area contributed by atoms with Crippen molar-refractivity contribution in [2.45, 2.75) is 39.3 Å². The lowest BCUT2D eigenvalue weighted by molar-refractivity contribution is 0.0542. The van der Waals surface area contributed by atoms with Gasteiger partial charge in [-0.1, -0.05) is 48.5 Å². The number of hydrogen-bond donors (Lipinski definition) is 4. The van der Waals surface area contributed by atoms with Gasteiger partial charge in [0.2, 0.25) is 0 Å². The van der Waals surface area contributed by atoms with Crippen LogP contribution >= 0.6 is 11.6 Å². The Kier molecular flexibility index (Phi) is 7.22. The Bertz CT molecular complexity index is 1360. The van der Waals surface area contributed by atoms with E-state index in [0.717, 1.165) is 39.6 Å². The Morgan fingerprint density at radius 3 is 2.57 bits per heavy atom. The van der Waals surface area contributed by atoms with Crippen molar-refractivity contribution in [3.63, 3.8) is 0 Å². The molecule has 0 radical (unpaired) electrons. The van der Waals surface area contributed by atoms with E-state index in [9.17, 15) is 4.79 Å². The summed E-state index contributed by atoms with van der Waals surface area (Å²) in [6.07, 6.45) is 0.185. The smallest absolute Gasteiger partial charge is 0.413 e. The van der Waals surface area contributed by atoms with Crippen molar-refractivity contribution < 1.29 is 9.53 Å². The van der Waals surface area contributed by atoms with Gasteiger partial charge in [-0.15, -0.1) is 0 Å². The Balaban J connectivity index is 1.53. The van der Waals surface area contributed by atoms with Gasteiger partial charge in [0, 0.05) is 45.6 Å². The van der Waals surface area contributed by atoms with Crippen LogP contribution in [0.4, 0.5) is 10.5 Å². The standard InChI is InChI=1S/C28H31ClN4O2/c1-18(32-27(34)35-28(2,3)4)30-13-12-20-14-22(31-17-19-8-6-5-7-9-19)16-24-23-15-21(29)10-11-25(23)33-26(20)24/h5-11,14-16,30-31,33H,1,12-13,17H2,2-4H3,(H,32,34). The number of anilines is 1. The number of aromatic amines is 1. The molecular weight excluding hydrogens is 460 g/mol. The number of aromatic nitrogens is 1. The van der Waals surface area contributed by atoms with Crippen molar-refractivity contribution in [3.8, 4) is 0 Å². The number of halogens is 1. The highest BCUT2D eigenvalue weighted by Gasteiger charge is 2.16. The molecule has 0 spiro atoms. The number of carbonyl (C=O) groups excluding carboxylic acids is 1. The third kappa shape index (κ3) is 6.49. The highest BCUT2D eigenvalue weighted by molar-refractivity contribution is 6.31. The monoisotopic (exact) mass is 490 g/mol. The van der Waals surface area contributed by atoms with E-state index in [1.165, 1.54) is 5.56 Å². The molecule has 35 heavy (non-hydrogen) atoms. The molecule has 0 aliphatic rings. The number of fused-ring (bicyclic) bond motifs is 3. The van der Waals surface area contributed by atoms with Crippen molar-refractivity contribution in [2.24, 2.45) is 0 Å². The number of alkyl carbamates (subject to hydrolysis) is 1. The van der Waals surface area contributed by atoms with Crippen molar-refractivity contribution >= 4 is 45.2 Å². The fraction of sp³-hybridized carbons (Fsp3) is 0.250. The van der Waals surface area contributed by atoms with Gasteiger partial charge in [0.05, 0.1) is 0 Å². The maximum atomic E-state index is 12.0. The van der Waals surface area contributed by atoms with Gasteiger partial charge in [-0.25, -0.2) is 4.79 Å². The molecule has 0 saturated carbocycles. The SMILES string of the molecule is C=C(NCCc1cc(NCc2ccccc2)cc2c1[nH]c1ccc(Cl)cc12)NC(=O)OC(C)(C)C. The minimum absolute atomic E-state index is 0.400. The van der Waals surface area contributed by atoms with Crippen molar-refractivity contribution in [3.05, 3.63) is 89.2 Å². The third-order valence-corrected chi connectivity index (χ3v) is 5.71. The summed E-state index contributed by atoms with van der Waals surface area (Å²) in [4.78, 5) is 15.5. The van der Waals surface area contributed by atoms with Crippen LogP contribution in [0.2, 0.25) is 5.02 Å². The predicted octanol–water partition coefficient (Wildman–Crippen LogP) is 6.71. The Hall–Kier alpha value is -3.64. The number of nitrogens with one attached hydrogen (secondary N) is 4. The first kappa shape index (κ1) is 24.5. The maximum Gasteiger partial charge on any atom is 0.413 e. The number of H-pyrrole nitrogens is 1. The topological polar surface area (TPSA) is 78.2 Å². The van der Waals surface area contributed by atoms with Crippen LogP contribution in [-0.4, -0.2) is 23.2 Å². The van der Waals surface area contributed by atoms with E-state index in [0.29, 0.717) is 23.8 Å². The van der Waals surface area contributed by atoms with Crippen molar-refractivity contribution in [1.82, 2.24) is 15.6 Å². The van der Waals surface area contributed by atoms with Gasteiger partial charge < -0.3 is 20.4 Å². The zero-order valence-corrected chi connectivity index (χ0v) is 21.1. The predicted molar refractivity (Wildman–Crippen MR) is 145 cm³/mol. The molecule has 0 saturated heterocycles. The van der Waals surface area contributed by atoms with Gasteiger partial charge in [-0.2, -0.15) is 0 Å². The van der Waals surface area contributed by atoms with Crippen LogP contribution in [0, 0.1) is 0 Å². The summed E-state index contributed by atoms with van der Waals surface area (Å²) in [5.41, 5.74) is 4.92. The molecule has 1 amide bonds. The third-order valence-electron chi connectivity index (χ3n) is 5.48. The van der Waals surface area contributed by atoms with Crippen LogP contribution in [0.1, 0.15) is 31.9 Å². The molecule has 1 heterocycles. The van der Waals surface area contributed by atoms with E-state index in [1.807, 2.05) is 57.2 Å². The number of hydrogen-bond acceptors (Lipinski definition) is 4. The molecule has 0 aliphatic carbocycles. The average Bonchev–Trinajstić information content (AvgIpc) is 3.15. The molecule has 1 aromatic heterocycles. The van der Waals surface area contributed by atoms with E-state index in [-0.39, 0.29) is 0 Å². The normalized spacial score (nSPS) is 11.4. The molecule has 182 valence electrons. The number of ether oxygens (including phenoxy) is 1. The number of rotatable bonds is 8. The second kappa shape index (κ2) is 10.3. The first-order valence-electron chi connectivity index (χ1n) is 11.6. The zero-order valence-electron chi connectivity index (χ0n) is 20.3. The molecule has 4 aromatic rings. The highest BCUT2D eigenvalue weighted by Crippen LogP contribution is 2.32. The Labute approximate surface area is 210 Å². The molecule has 0 atom stereocenters. The Morgan fingerprint density at radius 1 is 1.06 bits per heavy atom. The van der Waals surface area contributed by atoms with Gasteiger partial charge in [-0.05, 0) is 68.7 Å². The van der Waals surface area contributed by atoms with E-state index in [1.54, 1.807) is 0 Å². The van der Waals surface area contributed by atoms with Crippen LogP contribution in [0.3, 0.4) is 0 Å². The van der Waals surface area contributed by atoms with Gasteiger partial charge >= 0.3 is 6.09 Å². The number of amides is 1. The van der Waals surface area contributed by atoms with Crippen molar-refractivity contribution in [1.29, 1.82) is 0 Å². The average molecular weight is 491 g/mol. The number of benzene rings is 3. The molecule has 4 rings (SSSR count). The molecule has 0 fully saturated rings. The molecule has 4 N–H and O–H groups in total. The Morgan fingerprint density at radius 2 is 1.83 bits per heavy atom. The highest BCUT2D eigenvalue weighted by atomic mass is 35.5. The molecular formula is C28H31ClN4O2. The lowest BCUT2D eigenvalue weighted by Gasteiger charge is -2.20.